The fourth-order valence-corrected chi connectivity index (χ4v) is 11.0. The van der Waals surface area contributed by atoms with Crippen LogP contribution in [0.25, 0.3) is 0 Å². The summed E-state index contributed by atoms with van der Waals surface area (Å²) in [5.74, 6) is 0.293. The van der Waals surface area contributed by atoms with Gasteiger partial charge < -0.3 is 14.0 Å². The Morgan fingerprint density at radius 1 is 0.824 bits per heavy atom. The Morgan fingerprint density at radius 3 is 1.82 bits per heavy atom. The van der Waals surface area contributed by atoms with Crippen molar-refractivity contribution in [2.45, 2.75) is 130 Å². The van der Waals surface area contributed by atoms with Crippen LogP contribution in [-0.2, 0) is 8.85 Å². The molecule has 0 aromatic rings. The number of aliphatic hydroxyl groups excluding tert-OH is 1. The monoisotopic (exact) mass is 510 g/mol. The first kappa shape index (κ1) is 33.5. The van der Waals surface area contributed by atoms with E-state index in [1.165, 1.54) is 5.57 Å². The van der Waals surface area contributed by atoms with Crippen LogP contribution in [0.5, 0.6) is 0 Å². The molecule has 0 aliphatic heterocycles. The summed E-state index contributed by atoms with van der Waals surface area (Å²) in [6, 6.07) is 0. The highest BCUT2D eigenvalue weighted by Gasteiger charge is 2.44. The number of unbranched alkanes of at least 4 members (excludes halogenated alkanes) is 1. The summed E-state index contributed by atoms with van der Waals surface area (Å²) in [6.07, 6.45) is 11.5. The topological polar surface area (TPSA) is 38.7 Å². The maximum absolute atomic E-state index is 10.3. The first-order chi connectivity index (χ1) is 15.5. The summed E-state index contributed by atoms with van der Waals surface area (Å²) in [5, 5.41) is 10.5. The van der Waals surface area contributed by atoms with Crippen LogP contribution in [-0.4, -0.2) is 41.1 Å². The van der Waals surface area contributed by atoms with E-state index < -0.39 is 22.7 Å². The Hall–Kier alpha value is -0.466. The summed E-state index contributed by atoms with van der Waals surface area (Å²) < 4.78 is 13.0. The SMILES string of the molecule is C/C(=C\CC/C=C/[C@H](O)C=C[C@H](C)CO[Si](C)(C)C(C)(C)C)CO[Si](C(C)C)(C(C)C)C(C)C. The minimum Gasteiger partial charge on any atom is -0.416 e. The van der Waals surface area contributed by atoms with Crippen LogP contribution in [0, 0.1) is 5.92 Å². The van der Waals surface area contributed by atoms with Gasteiger partial charge in [-0.05, 0) is 60.4 Å². The van der Waals surface area contributed by atoms with E-state index in [-0.39, 0.29) is 5.04 Å². The van der Waals surface area contributed by atoms with Crippen molar-refractivity contribution < 1.29 is 14.0 Å². The van der Waals surface area contributed by atoms with Crippen LogP contribution in [0.2, 0.25) is 34.8 Å². The number of hydrogen-bond donors (Lipinski definition) is 1. The van der Waals surface area contributed by atoms with Crippen molar-refractivity contribution in [3.63, 3.8) is 0 Å². The molecule has 200 valence electrons. The van der Waals surface area contributed by atoms with Crippen LogP contribution < -0.4 is 0 Å². The largest absolute Gasteiger partial charge is 0.416 e. The lowest BCUT2D eigenvalue weighted by Crippen LogP contribution is -2.48. The molecular weight excluding hydrogens is 452 g/mol. The van der Waals surface area contributed by atoms with E-state index in [4.69, 9.17) is 8.85 Å². The smallest absolute Gasteiger partial charge is 0.200 e. The molecule has 0 rings (SSSR count). The number of rotatable bonds is 15. The Morgan fingerprint density at radius 2 is 1.35 bits per heavy atom. The fourth-order valence-electron chi connectivity index (χ4n) is 4.44. The summed E-state index contributed by atoms with van der Waals surface area (Å²) in [5.41, 5.74) is 3.14. The molecule has 1 N–H and O–H groups in total. The predicted molar refractivity (Wildman–Crippen MR) is 157 cm³/mol. The van der Waals surface area contributed by atoms with Crippen molar-refractivity contribution in [2.24, 2.45) is 5.92 Å². The van der Waals surface area contributed by atoms with E-state index in [9.17, 15) is 5.11 Å². The summed E-state index contributed by atoms with van der Waals surface area (Å²) in [6.45, 7) is 31.1. The molecule has 0 aromatic carbocycles. The maximum Gasteiger partial charge on any atom is 0.200 e. The second-order valence-electron chi connectivity index (χ2n) is 12.6. The second kappa shape index (κ2) is 14.9. The zero-order valence-corrected chi connectivity index (χ0v) is 26.9. The molecule has 0 aliphatic rings. The average molecular weight is 511 g/mol. The van der Waals surface area contributed by atoms with Gasteiger partial charge in [-0.1, -0.05) is 105 Å². The van der Waals surface area contributed by atoms with Crippen LogP contribution in [0.3, 0.4) is 0 Å². The summed E-state index contributed by atoms with van der Waals surface area (Å²) in [7, 11) is -3.53. The van der Waals surface area contributed by atoms with Gasteiger partial charge in [-0.2, -0.15) is 0 Å². The molecule has 5 heteroatoms. The molecule has 3 nitrogen and oxygen atoms in total. The molecule has 0 unspecified atom stereocenters. The molecule has 0 aliphatic carbocycles. The third-order valence-corrected chi connectivity index (χ3v) is 18.1. The first-order valence-electron chi connectivity index (χ1n) is 13.4. The van der Waals surface area contributed by atoms with Gasteiger partial charge in [0.05, 0.1) is 12.7 Å². The van der Waals surface area contributed by atoms with Gasteiger partial charge in [0.15, 0.2) is 8.32 Å². The Labute approximate surface area is 215 Å². The maximum atomic E-state index is 10.3. The van der Waals surface area contributed by atoms with Gasteiger partial charge in [0.1, 0.15) is 0 Å². The van der Waals surface area contributed by atoms with Crippen LogP contribution >= 0.6 is 0 Å². The number of hydrogen-bond acceptors (Lipinski definition) is 3. The van der Waals surface area contributed by atoms with Gasteiger partial charge >= 0.3 is 0 Å². The summed E-state index contributed by atoms with van der Waals surface area (Å²) >= 11 is 0. The molecule has 0 aromatic heterocycles. The van der Waals surface area contributed by atoms with E-state index in [1.807, 2.05) is 12.2 Å². The molecule has 0 spiro atoms. The highest BCUT2D eigenvalue weighted by atomic mass is 28.4. The molecular formula is C29H58O3Si2. The van der Waals surface area contributed by atoms with Crippen molar-refractivity contribution in [3.05, 3.63) is 36.0 Å². The van der Waals surface area contributed by atoms with Crippen LogP contribution in [0.1, 0.15) is 89.0 Å². The molecule has 2 atom stereocenters. The molecule has 0 bridgehead atoms. The fraction of sp³-hybridized carbons (Fsp3) is 0.793. The van der Waals surface area contributed by atoms with Crippen molar-refractivity contribution in [3.8, 4) is 0 Å². The van der Waals surface area contributed by atoms with Crippen molar-refractivity contribution in [2.75, 3.05) is 13.2 Å². The lowest BCUT2D eigenvalue weighted by Gasteiger charge is -2.42. The molecule has 0 fully saturated rings. The van der Waals surface area contributed by atoms with Crippen molar-refractivity contribution >= 4 is 16.6 Å². The Kier molecular flexibility index (Phi) is 14.7. The molecule has 0 amide bonds. The zero-order valence-electron chi connectivity index (χ0n) is 24.9. The van der Waals surface area contributed by atoms with E-state index in [0.717, 1.165) is 19.4 Å². The molecule has 0 saturated carbocycles. The van der Waals surface area contributed by atoms with Gasteiger partial charge in [0.25, 0.3) is 0 Å². The van der Waals surface area contributed by atoms with E-state index >= 15 is 0 Å². The zero-order chi connectivity index (χ0) is 26.7. The van der Waals surface area contributed by atoms with Crippen molar-refractivity contribution in [1.82, 2.24) is 0 Å². The third-order valence-electron chi connectivity index (χ3n) is 7.57. The van der Waals surface area contributed by atoms with Gasteiger partial charge in [-0.3, -0.25) is 0 Å². The summed E-state index contributed by atoms with van der Waals surface area (Å²) in [4.78, 5) is 0. The van der Waals surface area contributed by atoms with E-state index in [2.05, 4.69) is 107 Å². The first-order valence-corrected chi connectivity index (χ1v) is 18.5. The van der Waals surface area contributed by atoms with E-state index in [1.54, 1.807) is 0 Å². The normalized spacial score (nSPS) is 16.6. The second-order valence-corrected chi connectivity index (χ2v) is 22.9. The minimum atomic E-state index is -1.81. The lowest BCUT2D eigenvalue weighted by molar-refractivity contribution is 0.254. The minimum absolute atomic E-state index is 0.222. The Balaban J connectivity index is 4.55. The molecule has 0 radical (unpaired) electrons. The third kappa shape index (κ3) is 11.1. The van der Waals surface area contributed by atoms with Gasteiger partial charge in [0.2, 0.25) is 8.32 Å². The van der Waals surface area contributed by atoms with Gasteiger partial charge in [0, 0.05) is 6.61 Å². The molecule has 0 saturated heterocycles. The lowest BCUT2D eigenvalue weighted by atomic mass is 10.1. The van der Waals surface area contributed by atoms with Gasteiger partial charge in [-0.15, -0.1) is 0 Å². The Bertz CT molecular complexity index is 633. The van der Waals surface area contributed by atoms with Crippen molar-refractivity contribution in [1.29, 1.82) is 0 Å². The average Bonchev–Trinajstić information content (AvgIpc) is 2.69. The molecule has 34 heavy (non-hydrogen) atoms. The molecule has 0 heterocycles. The number of allylic oxidation sites excluding steroid dienone is 2. The number of aliphatic hydroxyl groups is 1. The van der Waals surface area contributed by atoms with Gasteiger partial charge in [-0.25, -0.2) is 0 Å². The van der Waals surface area contributed by atoms with Crippen LogP contribution in [0.4, 0.5) is 0 Å². The highest BCUT2D eigenvalue weighted by Crippen LogP contribution is 2.42. The van der Waals surface area contributed by atoms with Crippen LogP contribution in [0.15, 0.2) is 36.0 Å². The standard InChI is InChI=1S/C29H58O3Si2/c1-23(2)34(24(3)4,25(5)6)32-22-26(7)17-15-14-16-18-28(30)20-19-27(8)21-31-33(12,13)29(9,10)11/h16-20,23-25,27-28,30H,14-15,21-22H2,1-13H3/b18-16+,20-19?,26-17+/t27-,28-/m0/s1. The quantitative estimate of drug-likeness (QED) is 0.136. The van der Waals surface area contributed by atoms with E-state index in [0.29, 0.717) is 29.1 Å². The highest BCUT2D eigenvalue weighted by molar-refractivity contribution is 6.77. The predicted octanol–water partition coefficient (Wildman–Crippen LogP) is 9.04.